The number of nitrogens with one attached hydrogen (secondary N) is 3. The molecule has 0 fully saturated rings. The molecule has 0 spiro atoms. The number of aromatic amines is 2. The largest absolute Gasteiger partial charge is 0.326 e. The summed E-state index contributed by atoms with van der Waals surface area (Å²) in [5, 5.41) is 15.0. The van der Waals surface area contributed by atoms with Crippen molar-refractivity contribution < 1.29 is 14.5 Å². The Kier molecular flexibility index (Phi) is 5.70. The lowest BCUT2D eigenvalue weighted by Crippen LogP contribution is -2.28. The van der Waals surface area contributed by atoms with Crippen LogP contribution in [0, 0.1) is 17.0 Å². The van der Waals surface area contributed by atoms with Gasteiger partial charge in [0.05, 0.1) is 22.3 Å². The van der Waals surface area contributed by atoms with Crippen LogP contribution in [0.25, 0.3) is 5.52 Å². The molecule has 0 unspecified atom stereocenters. The summed E-state index contributed by atoms with van der Waals surface area (Å²) >= 11 is 0. The van der Waals surface area contributed by atoms with Crippen LogP contribution in [-0.2, 0) is 0 Å². The number of H-pyrrole nitrogens is 2. The first-order chi connectivity index (χ1) is 16.3. The van der Waals surface area contributed by atoms with Gasteiger partial charge in [0.1, 0.15) is 5.69 Å². The normalized spacial score (nSPS) is 11.1. The van der Waals surface area contributed by atoms with Crippen molar-refractivity contribution in [3.05, 3.63) is 114 Å². The highest BCUT2D eigenvalue weighted by Gasteiger charge is 2.22. The van der Waals surface area contributed by atoms with Crippen molar-refractivity contribution in [2.24, 2.45) is 5.10 Å². The summed E-state index contributed by atoms with van der Waals surface area (Å²) in [6.07, 6.45) is 3.00. The van der Waals surface area contributed by atoms with E-state index < -0.39 is 27.9 Å². The lowest BCUT2D eigenvalue weighted by atomic mass is 10.0. The van der Waals surface area contributed by atoms with Gasteiger partial charge in [0.2, 0.25) is 5.78 Å². The summed E-state index contributed by atoms with van der Waals surface area (Å²) < 4.78 is 1.63. The number of amides is 1. The molecule has 12 nitrogen and oxygen atoms in total. The van der Waals surface area contributed by atoms with Crippen LogP contribution in [0.1, 0.15) is 37.7 Å². The summed E-state index contributed by atoms with van der Waals surface area (Å²) in [4.78, 5) is 62.9. The number of hydrazone groups is 1. The van der Waals surface area contributed by atoms with E-state index >= 15 is 0 Å². The first kappa shape index (κ1) is 22.1. The number of nitrogens with zero attached hydrogens (tertiary/aromatic N) is 3. The molecular weight excluding hydrogens is 444 g/mol. The molecule has 0 saturated heterocycles. The average Bonchev–Trinajstić information content (AvgIpc) is 3.09. The minimum atomic E-state index is -0.833. The van der Waals surface area contributed by atoms with Gasteiger partial charge in [-0.05, 0) is 24.6 Å². The number of hydrogen-bond donors (Lipinski definition) is 3. The number of nitro benzene ring substituents is 1. The van der Waals surface area contributed by atoms with Gasteiger partial charge in [0.25, 0.3) is 17.2 Å². The molecule has 4 rings (SSSR count). The van der Waals surface area contributed by atoms with Crippen molar-refractivity contribution in [3.8, 4) is 0 Å². The zero-order chi connectivity index (χ0) is 24.4. The molecule has 0 aliphatic heterocycles. The number of carbonyl (C=O) groups is 2. The maximum atomic E-state index is 13.3. The van der Waals surface area contributed by atoms with Gasteiger partial charge in [0.15, 0.2) is 0 Å². The molecule has 0 atom stereocenters. The number of aromatic nitrogens is 3. The third kappa shape index (κ3) is 4.14. The monoisotopic (exact) mass is 460 g/mol. The van der Waals surface area contributed by atoms with E-state index in [2.05, 4.69) is 15.5 Å². The molecule has 4 aromatic rings. The van der Waals surface area contributed by atoms with Crippen molar-refractivity contribution in [2.45, 2.75) is 6.92 Å². The predicted octanol–water partition coefficient (Wildman–Crippen LogP) is 1.53. The predicted molar refractivity (Wildman–Crippen MR) is 121 cm³/mol. The molecule has 12 heteroatoms. The van der Waals surface area contributed by atoms with E-state index in [9.17, 15) is 29.3 Å². The van der Waals surface area contributed by atoms with Gasteiger partial charge in [-0.25, -0.2) is 10.2 Å². The van der Waals surface area contributed by atoms with E-state index in [0.29, 0.717) is 16.6 Å². The molecule has 0 saturated carbocycles. The van der Waals surface area contributed by atoms with Crippen LogP contribution < -0.4 is 16.7 Å². The number of hydrogen-bond acceptors (Lipinski definition) is 7. The number of pyridine rings is 1. The average molecular weight is 460 g/mol. The Morgan fingerprint density at radius 2 is 1.91 bits per heavy atom. The molecule has 1 amide bonds. The van der Waals surface area contributed by atoms with Crippen LogP contribution in [-0.4, -0.2) is 37.2 Å². The first-order valence-corrected chi connectivity index (χ1v) is 9.82. The van der Waals surface area contributed by atoms with Gasteiger partial charge in [-0.2, -0.15) is 5.10 Å². The fourth-order valence-corrected chi connectivity index (χ4v) is 3.50. The third-order valence-electron chi connectivity index (χ3n) is 5.03. The van der Waals surface area contributed by atoms with Crippen LogP contribution in [0.4, 0.5) is 5.69 Å². The van der Waals surface area contributed by atoms with Crippen LogP contribution in [0.15, 0.2) is 69.4 Å². The van der Waals surface area contributed by atoms with Crippen molar-refractivity contribution in [2.75, 3.05) is 0 Å². The third-order valence-corrected chi connectivity index (χ3v) is 5.03. The number of carbonyl (C=O) groups excluding carboxylic acids is 2. The molecule has 3 aromatic heterocycles. The Morgan fingerprint density at radius 3 is 2.65 bits per heavy atom. The minimum Gasteiger partial charge on any atom is -0.313 e. The molecular formula is C22H16N6O6. The van der Waals surface area contributed by atoms with Crippen molar-refractivity contribution in [3.63, 3.8) is 0 Å². The van der Waals surface area contributed by atoms with E-state index in [1.165, 1.54) is 30.5 Å². The topological polar surface area (TPSA) is 172 Å². The Morgan fingerprint density at radius 1 is 1.12 bits per heavy atom. The van der Waals surface area contributed by atoms with Gasteiger partial charge in [-0.15, -0.1) is 0 Å². The minimum absolute atomic E-state index is 0.149. The molecule has 1 aromatic carbocycles. The van der Waals surface area contributed by atoms with Crippen LogP contribution in [0.3, 0.4) is 0 Å². The Bertz CT molecular complexity index is 1580. The molecule has 0 aliphatic rings. The molecule has 0 aliphatic carbocycles. The fraction of sp³-hybridized carbons (Fsp3) is 0.0455. The standard InChI is InChI=1S/C22H16N6O6/c1-12-15(11-23-26-21(31)16-10-18(29)25-22(32)24-16)17-7-2-3-8-27(17)19(12)20(30)13-5-4-6-14(9-13)28(33)34/h2-11H,1H3,(H,26,31)(H2,24,25,29,32). The summed E-state index contributed by atoms with van der Waals surface area (Å²) in [5.41, 5.74) is 2.27. The second-order valence-corrected chi connectivity index (χ2v) is 7.18. The molecule has 0 bridgehead atoms. The second-order valence-electron chi connectivity index (χ2n) is 7.18. The number of rotatable bonds is 6. The maximum absolute atomic E-state index is 13.3. The molecule has 3 heterocycles. The van der Waals surface area contributed by atoms with Gasteiger partial charge in [0, 0.05) is 35.5 Å². The van der Waals surface area contributed by atoms with E-state index in [0.717, 1.165) is 6.07 Å². The zero-order valence-corrected chi connectivity index (χ0v) is 17.6. The first-order valence-electron chi connectivity index (χ1n) is 9.82. The Labute approximate surface area is 189 Å². The Balaban J connectivity index is 1.70. The van der Waals surface area contributed by atoms with Gasteiger partial charge in [-0.3, -0.25) is 29.5 Å². The lowest BCUT2D eigenvalue weighted by molar-refractivity contribution is -0.384. The van der Waals surface area contributed by atoms with Gasteiger partial charge in [-0.1, -0.05) is 18.2 Å². The van der Waals surface area contributed by atoms with E-state index in [4.69, 9.17) is 0 Å². The van der Waals surface area contributed by atoms with Crippen LogP contribution >= 0.6 is 0 Å². The molecule has 3 N–H and O–H groups in total. The van der Waals surface area contributed by atoms with Gasteiger partial charge >= 0.3 is 5.69 Å². The van der Waals surface area contributed by atoms with Crippen LogP contribution in [0.5, 0.6) is 0 Å². The number of ketones is 1. The number of nitro groups is 1. The second kappa shape index (κ2) is 8.78. The molecule has 34 heavy (non-hydrogen) atoms. The number of non-ortho nitro benzene ring substituents is 1. The van der Waals surface area contributed by atoms with Gasteiger partial charge < -0.3 is 9.38 Å². The zero-order valence-electron chi connectivity index (χ0n) is 17.6. The lowest BCUT2D eigenvalue weighted by Gasteiger charge is -2.04. The number of benzene rings is 1. The SMILES string of the molecule is Cc1c(C=NNC(=O)c2cc(=O)[nH]c(=O)[nH]2)c2ccccn2c1C(=O)c1cccc([N+](=O)[O-])c1. The van der Waals surface area contributed by atoms with Crippen LogP contribution in [0.2, 0.25) is 0 Å². The highest BCUT2D eigenvalue weighted by Crippen LogP contribution is 2.25. The van der Waals surface area contributed by atoms with Crippen molar-refractivity contribution in [1.29, 1.82) is 0 Å². The highest BCUT2D eigenvalue weighted by molar-refractivity contribution is 6.12. The summed E-state index contributed by atoms with van der Waals surface area (Å²) in [6, 6.07) is 11.6. The molecule has 170 valence electrons. The Hall–Kier alpha value is -5.13. The number of fused-ring (bicyclic) bond motifs is 1. The summed E-state index contributed by atoms with van der Waals surface area (Å²) in [5.74, 6) is -1.24. The van der Waals surface area contributed by atoms with E-state index in [1.54, 1.807) is 35.7 Å². The fourth-order valence-electron chi connectivity index (χ4n) is 3.50. The quantitative estimate of drug-likeness (QED) is 0.170. The summed E-state index contributed by atoms with van der Waals surface area (Å²) in [6.45, 7) is 1.69. The molecule has 0 radical (unpaired) electrons. The highest BCUT2D eigenvalue weighted by atomic mass is 16.6. The smallest absolute Gasteiger partial charge is 0.313 e. The summed E-state index contributed by atoms with van der Waals surface area (Å²) in [7, 11) is 0. The van der Waals surface area contributed by atoms with E-state index in [-0.39, 0.29) is 22.6 Å². The van der Waals surface area contributed by atoms with Crippen molar-refractivity contribution in [1.82, 2.24) is 19.8 Å². The van der Waals surface area contributed by atoms with E-state index in [1.807, 2.05) is 4.98 Å². The van der Waals surface area contributed by atoms with Crippen molar-refractivity contribution >= 4 is 29.1 Å². The maximum Gasteiger partial charge on any atom is 0.326 e.